The summed E-state index contributed by atoms with van der Waals surface area (Å²) in [5.41, 5.74) is 10.1. The number of hydrogen-bond donors (Lipinski definition) is 2. The molecule has 0 bridgehead atoms. The number of aryl methyl sites for hydroxylation is 1. The van der Waals surface area contributed by atoms with Crippen LogP contribution < -0.4 is 15.8 Å². The topological polar surface area (TPSA) is 78.1 Å². The summed E-state index contributed by atoms with van der Waals surface area (Å²) in [5, 5.41) is 3.14. The van der Waals surface area contributed by atoms with E-state index in [9.17, 15) is 0 Å². The summed E-state index contributed by atoms with van der Waals surface area (Å²) in [6.07, 6.45) is 0. The molecule has 0 saturated heterocycles. The predicted molar refractivity (Wildman–Crippen MR) is 120 cm³/mol. The van der Waals surface area contributed by atoms with Gasteiger partial charge in [-0.3, -0.25) is 0 Å². The zero-order valence-corrected chi connectivity index (χ0v) is 18.4. The van der Waals surface area contributed by atoms with Gasteiger partial charge in [-0.25, -0.2) is 4.99 Å². The number of rotatable bonds is 9. The molecule has 7 heteroatoms. The Balaban J connectivity index is 0.00000364. The molecule has 0 atom stereocenters. The molecular formula is C20H28IN3O3. The smallest absolute Gasteiger partial charge is 0.193 e. The van der Waals surface area contributed by atoms with Crippen molar-refractivity contribution >= 4 is 35.6 Å². The molecule has 0 unspecified atom stereocenters. The van der Waals surface area contributed by atoms with E-state index in [-0.39, 0.29) is 24.0 Å². The first kappa shape index (κ1) is 23.2. The van der Waals surface area contributed by atoms with Crippen LogP contribution in [0.2, 0.25) is 0 Å². The molecule has 148 valence electrons. The van der Waals surface area contributed by atoms with Crippen molar-refractivity contribution in [1.29, 1.82) is 0 Å². The van der Waals surface area contributed by atoms with E-state index in [2.05, 4.69) is 10.3 Å². The van der Waals surface area contributed by atoms with E-state index in [4.69, 9.17) is 19.9 Å². The Morgan fingerprint density at radius 3 is 2.56 bits per heavy atom. The molecule has 0 saturated carbocycles. The fraction of sp³-hybridized carbons (Fsp3) is 0.350. The van der Waals surface area contributed by atoms with Crippen LogP contribution >= 0.6 is 24.0 Å². The van der Waals surface area contributed by atoms with Crippen molar-refractivity contribution in [3.8, 4) is 5.75 Å². The van der Waals surface area contributed by atoms with Gasteiger partial charge in [-0.15, -0.1) is 24.0 Å². The van der Waals surface area contributed by atoms with Gasteiger partial charge in [0.05, 0.1) is 19.8 Å². The molecule has 6 nitrogen and oxygen atoms in total. The number of methoxy groups -OCH3 is 2. The Morgan fingerprint density at radius 1 is 1.04 bits per heavy atom. The third kappa shape index (κ3) is 7.74. The van der Waals surface area contributed by atoms with E-state index in [1.54, 1.807) is 14.2 Å². The van der Waals surface area contributed by atoms with Gasteiger partial charge in [0.25, 0.3) is 0 Å². The number of anilines is 1. The normalized spacial score (nSPS) is 11.0. The molecule has 2 aromatic rings. The minimum atomic E-state index is 0. The molecule has 0 aliphatic carbocycles. The van der Waals surface area contributed by atoms with Crippen LogP contribution in [0.15, 0.2) is 47.5 Å². The van der Waals surface area contributed by atoms with Crippen molar-refractivity contribution in [3.05, 3.63) is 59.2 Å². The fourth-order valence-electron chi connectivity index (χ4n) is 2.43. The van der Waals surface area contributed by atoms with Gasteiger partial charge >= 0.3 is 0 Å². The third-order valence-electron chi connectivity index (χ3n) is 3.77. The lowest BCUT2D eigenvalue weighted by Crippen LogP contribution is -2.23. The first-order valence-corrected chi connectivity index (χ1v) is 8.49. The maximum absolute atomic E-state index is 6.06. The lowest BCUT2D eigenvalue weighted by atomic mass is 10.1. The number of halogens is 1. The zero-order chi connectivity index (χ0) is 18.8. The number of nitrogens with zero attached hydrogens (tertiary/aromatic N) is 1. The van der Waals surface area contributed by atoms with Gasteiger partial charge in [-0.2, -0.15) is 0 Å². The third-order valence-corrected chi connectivity index (χ3v) is 3.77. The van der Waals surface area contributed by atoms with Gasteiger partial charge in [0.1, 0.15) is 12.4 Å². The largest absolute Gasteiger partial charge is 0.491 e. The Kier molecular flexibility index (Phi) is 10.8. The summed E-state index contributed by atoms with van der Waals surface area (Å²) >= 11 is 0. The molecule has 0 heterocycles. The number of para-hydroxylation sites is 1. The molecule has 0 amide bonds. The summed E-state index contributed by atoms with van der Waals surface area (Å²) in [4.78, 5) is 4.44. The Hall–Kier alpha value is -1.84. The van der Waals surface area contributed by atoms with Crippen LogP contribution in [0.5, 0.6) is 5.75 Å². The van der Waals surface area contributed by atoms with E-state index in [1.165, 1.54) is 0 Å². The zero-order valence-electron chi connectivity index (χ0n) is 16.0. The number of aliphatic imine (C=N–C) groups is 1. The van der Waals surface area contributed by atoms with Crippen LogP contribution in [0.25, 0.3) is 0 Å². The highest BCUT2D eigenvalue weighted by Crippen LogP contribution is 2.21. The summed E-state index contributed by atoms with van der Waals surface area (Å²) < 4.78 is 16.0. The van der Waals surface area contributed by atoms with Gasteiger partial charge in [0.2, 0.25) is 0 Å². The second-order valence-corrected chi connectivity index (χ2v) is 5.87. The molecule has 2 rings (SSSR count). The van der Waals surface area contributed by atoms with Gasteiger partial charge in [0.15, 0.2) is 5.96 Å². The van der Waals surface area contributed by atoms with Gasteiger partial charge < -0.3 is 25.3 Å². The molecular weight excluding hydrogens is 457 g/mol. The molecule has 0 aromatic heterocycles. The van der Waals surface area contributed by atoms with Gasteiger partial charge in [-0.05, 0) is 24.6 Å². The van der Waals surface area contributed by atoms with Crippen molar-refractivity contribution in [2.45, 2.75) is 20.1 Å². The van der Waals surface area contributed by atoms with E-state index in [1.807, 2.05) is 49.4 Å². The van der Waals surface area contributed by atoms with Crippen molar-refractivity contribution in [2.75, 3.05) is 32.8 Å². The van der Waals surface area contributed by atoms with E-state index < -0.39 is 0 Å². The number of nitrogens with two attached hydrogens (primary N) is 1. The monoisotopic (exact) mass is 485 g/mol. The summed E-state index contributed by atoms with van der Waals surface area (Å²) in [6.45, 7) is 3.99. The predicted octanol–water partition coefficient (Wildman–Crippen LogP) is 3.71. The standard InChI is InChI=1S/C20H27N3O3.HI/c1-15-8-9-16(19(12-15)26-11-10-24-2)13-22-20(21)23-18-7-5-4-6-17(18)14-25-3;/h4-9,12H,10-11,13-14H2,1-3H3,(H3,21,22,23);1H. The molecule has 0 spiro atoms. The maximum atomic E-state index is 6.06. The molecule has 0 aliphatic rings. The number of ether oxygens (including phenoxy) is 3. The minimum Gasteiger partial charge on any atom is -0.491 e. The van der Waals surface area contributed by atoms with Crippen molar-refractivity contribution in [2.24, 2.45) is 10.7 Å². The average Bonchev–Trinajstić information content (AvgIpc) is 2.63. The number of benzene rings is 2. The first-order chi connectivity index (χ1) is 12.6. The molecule has 2 aromatic carbocycles. The van der Waals surface area contributed by atoms with Crippen LogP contribution in [-0.4, -0.2) is 33.4 Å². The van der Waals surface area contributed by atoms with Gasteiger partial charge in [0, 0.05) is 31.0 Å². The lowest BCUT2D eigenvalue weighted by Gasteiger charge is -2.13. The van der Waals surface area contributed by atoms with Gasteiger partial charge in [-0.1, -0.05) is 30.3 Å². The quantitative estimate of drug-likeness (QED) is 0.245. The number of guanidine groups is 1. The molecule has 27 heavy (non-hydrogen) atoms. The highest BCUT2D eigenvalue weighted by molar-refractivity contribution is 14.0. The molecule has 0 fully saturated rings. The minimum absolute atomic E-state index is 0. The van der Waals surface area contributed by atoms with Crippen LogP contribution in [-0.2, 0) is 22.6 Å². The van der Waals surface area contributed by atoms with E-state index in [0.717, 1.165) is 28.1 Å². The Morgan fingerprint density at radius 2 is 1.81 bits per heavy atom. The van der Waals surface area contributed by atoms with Crippen LogP contribution in [0.1, 0.15) is 16.7 Å². The van der Waals surface area contributed by atoms with Crippen molar-refractivity contribution in [3.63, 3.8) is 0 Å². The van der Waals surface area contributed by atoms with Crippen LogP contribution in [0.3, 0.4) is 0 Å². The summed E-state index contributed by atoms with van der Waals surface area (Å²) in [7, 11) is 3.31. The first-order valence-electron chi connectivity index (χ1n) is 8.49. The summed E-state index contributed by atoms with van der Waals surface area (Å²) in [6, 6.07) is 13.9. The van der Waals surface area contributed by atoms with Crippen molar-refractivity contribution in [1.82, 2.24) is 0 Å². The summed E-state index contributed by atoms with van der Waals surface area (Å²) in [5.74, 6) is 1.15. The Bertz CT molecular complexity index is 738. The maximum Gasteiger partial charge on any atom is 0.193 e. The Labute approximate surface area is 178 Å². The molecule has 0 aliphatic heterocycles. The van der Waals surface area contributed by atoms with Crippen LogP contribution in [0, 0.1) is 6.92 Å². The van der Waals surface area contributed by atoms with E-state index in [0.29, 0.717) is 32.3 Å². The second-order valence-electron chi connectivity index (χ2n) is 5.87. The SMILES string of the molecule is COCCOc1cc(C)ccc1CN=C(N)Nc1ccccc1COC.I. The number of nitrogens with one attached hydrogen (secondary N) is 1. The highest BCUT2D eigenvalue weighted by atomic mass is 127. The average molecular weight is 485 g/mol. The van der Waals surface area contributed by atoms with E-state index >= 15 is 0 Å². The fourth-order valence-corrected chi connectivity index (χ4v) is 2.43. The number of hydrogen-bond acceptors (Lipinski definition) is 4. The van der Waals surface area contributed by atoms with Crippen molar-refractivity contribution < 1.29 is 14.2 Å². The molecule has 3 N–H and O–H groups in total. The van der Waals surface area contributed by atoms with Crippen LogP contribution in [0.4, 0.5) is 5.69 Å². The lowest BCUT2D eigenvalue weighted by molar-refractivity contribution is 0.146. The second kappa shape index (κ2) is 12.5. The highest BCUT2D eigenvalue weighted by Gasteiger charge is 2.06. The molecule has 0 radical (unpaired) electrons.